The minimum atomic E-state index is -1.27. The van der Waals surface area contributed by atoms with Crippen molar-refractivity contribution >= 4 is 17.2 Å². The third-order valence-corrected chi connectivity index (χ3v) is 4.35. The second-order valence-electron chi connectivity index (χ2n) is 6.00. The van der Waals surface area contributed by atoms with Gasteiger partial charge in [0.15, 0.2) is 5.88 Å². The number of nitrogens with one attached hydrogen (secondary N) is 2. The second kappa shape index (κ2) is 7.78. The van der Waals surface area contributed by atoms with Gasteiger partial charge in [0.05, 0.1) is 18.3 Å². The van der Waals surface area contributed by atoms with Crippen LogP contribution in [0.3, 0.4) is 0 Å². The maximum absolute atomic E-state index is 11.8. The summed E-state index contributed by atoms with van der Waals surface area (Å²) in [4.78, 5) is 26.8. The summed E-state index contributed by atoms with van der Waals surface area (Å²) in [6.45, 7) is 1.55. The molecule has 1 aromatic heterocycles. The van der Waals surface area contributed by atoms with Gasteiger partial charge in [-0.3, -0.25) is 10.3 Å². The van der Waals surface area contributed by atoms with Gasteiger partial charge in [0.2, 0.25) is 6.04 Å². The average molecular weight is 382 g/mol. The number of anilines is 1. The van der Waals surface area contributed by atoms with Crippen LogP contribution >= 0.6 is 0 Å². The Balaban J connectivity index is 2.30. The molecular weight excluding hydrogens is 364 g/mol. The molecule has 0 fully saturated rings. The Hall–Kier alpha value is -3.88. The SMILES string of the molecule is CO/C(Nc1ccncc1)=C1\C(C)=C([N+](=O)[O-])N[C@H](C(=O)O)c2ccccc21. The lowest BCUT2D eigenvalue weighted by Gasteiger charge is -2.17. The summed E-state index contributed by atoms with van der Waals surface area (Å²) in [6.07, 6.45) is 3.18. The Morgan fingerprint density at radius 2 is 1.96 bits per heavy atom. The minimum absolute atomic E-state index is 0.250. The van der Waals surface area contributed by atoms with Crippen molar-refractivity contribution in [3.05, 3.63) is 87.3 Å². The van der Waals surface area contributed by atoms with Crippen LogP contribution in [0.25, 0.3) is 5.57 Å². The summed E-state index contributed by atoms with van der Waals surface area (Å²) < 4.78 is 5.52. The number of allylic oxidation sites excluding steroid dienone is 2. The Morgan fingerprint density at radius 3 is 2.57 bits per heavy atom. The summed E-state index contributed by atoms with van der Waals surface area (Å²) >= 11 is 0. The largest absolute Gasteiger partial charge is 0.482 e. The Kier molecular flexibility index (Phi) is 5.25. The summed E-state index contributed by atoms with van der Waals surface area (Å²) in [5.41, 5.74) is 2.24. The molecule has 1 aliphatic rings. The molecule has 0 spiro atoms. The Bertz CT molecular complexity index is 985. The van der Waals surface area contributed by atoms with Crippen LogP contribution in [0.2, 0.25) is 0 Å². The number of ether oxygens (including phenoxy) is 1. The number of nitrogens with zero attached hydrogens (tertiary/aromatic N) is 2. The molecule has 0 unspecified atom stereocenters. The number of pyridine rings is 1. The van der Waals surface area contributed by atoms with Crippen molar-refractivity contribution in [1.82, 2.24) is 10.3 Å². The van der Waals surface area contributed by atoms with Crippen LogP contribution in [0.15, 0.2) is 66.1 Å². The number of hydrogen-bond donors (Lipinski definition) is 3. The smallest absolute Gasteiger partial charge is 0.353 e. The third kappa shape index (κ3) is 3.50. The van der Waals surface area contributed by atoms with E-state index in [1.807, 2.05) is 0 Å². The van der Waals surface area contributed by atoms with E-state index >= 15 is 0 Å². The lowest BCUT2D eigenvalue weighted by atomic mass is 9.93. The molecular formula is C19H18N4O5. The molecule has 2 heterocycles. The highest BCUT2D eigenvalue weighted by molar-refractivity contribution is 5.88. The van der Waals surface area contributed by atoms with Crippen molar-refractivity contribution in [1.29, 1.82) is 0 Å². The van der Waals surface area contributed by atoms with Crippen LogP contribution < -0.4 is 10.6 Å². The molecule has 9 heteroatoms. The molecule has 3 rings (SSSR count). The fourth-order valence-corrected chi connectivity index (χ4v) is 3.08. The van der Waals surface area contributed by atoms with Crippen molar-refractivity contribution in [2.24, 2.45) is 0 Å². The van der Waals surface area contributed by atoms with Gasteiger partial charge in [-0.05, 0) is 29.5 Å². The maximum atomic E-state index is 11.8. The quantitative estimate of drug-likeness (QED) is 0.409. The molecule has 0 bridgehead atoms. The number of nitro groups is 1. The van der Waals surface area contributed by atoms with Gasteiger partial charge in [0.25, 0.3) is 0 Å². The first kappa shape index (κ1) is 18.9. The lowest BCUT2D eigenvalue weighted by molar-refractivity contribution is -0.433. The highest BCUT2D eigenvalue weighted by atomic mass is 16.6. The van der Waals surface area contributed by atoms with Crippen molar-refractivity contribution in [2.75, 3.05) is 12.4 Å². The normalized spacial score (nSPS) is 17.7. The first-order valence-electron chi connectivity index (χ1n) is 8.33. The molecule has 2 aromatic rings. The molecule has 9 nitrogen and oxygen atoms in total. The predicted molar refractivity (Wildman–Crippen MR) is 101 cm³/mol. The molecule has 1 aromatic carbocycles. The molecule has 1 aliphatic heterocycles. The molecule has 0 saturated heterocycles. The first-order valence-corrected chi connectivity index (χ1v) is 8.33. The van der Waals surface area contributed by atoms with E-state index in [0.717, 1.165) is 0 Å². The fourth-order valence-electron chi connectivity index (χ4n) is 3.08. The molecule has 0 saturated carbocycles. The van der Waals surface area contributed by atoms with E-state index in [9.17, 15) is 20.0 Å². The number of hydrogen-bond acceptors (Lipinski definition) is 7. The van der Waals surface area contributed by atoms with E-state index in [-0.39, 0.29) is 11.5 Å². The van der Waals surface area contributed by atoms with Crippen LogP contribution in [0.5, 0.6) is 0 Å². The van der Waals surface area contributed by atoms with E-state index in [4.69, 9.17) is 4.74 Å². The van der Waals surface area contributed by atoms with Crippen molar-refractivity contribution in [2.45, 2.75) is 13.0 Å². The van der Waals surface area contributed by atoms with E-state index in [1.165, 1.54) is 7.11 Å². The minimum Gasteiger partial charge on any atom is -0.482 e. The van der Waals surface area contributed by atoms with Crippen LogP contribution in [0.1, 0.15) is 24.1 Å². The van der Waals surface area contributed by atoms with Gasteiger partial charge in [-0.15, -0.1) is 0 Å². The molecule has 144 valence electrons. The van der Waals surface area contributed by atoms with E-state index in [2.05, 4.69) is 15.6 Å². The van der Waals surface area contributed by atoms with Gasteiger partial charge in [-0.1, -0.05) is 24.3 Å². The molecule has 28 heavy (non-hydrogen) atoms. The molecule has 0 radical (unpaired) electrons. The summed E-state index contributed by atoms with van der Waals surface area (Å²) in [5.74, 6) is -1.37. The number of aromatic nitrogens is 1. The van der Waals surface area contributed by atoms with E-state index in [0.29, 0.717) is 22.4 Å². The summed E-state index contributed by atoms with van der Waals surface area (Å²) in [7, 11) is 1.44. The standard InChI is InChI=1S/C19H18N4O5/c1-11-15(18(28-2)21-12-7-9-20-10-8-12)13-5-3-4-6-14(13)16(19(24)25)22-17(11)23(26)27/h3-10,16,22H,1-2H3,(H,20,21)(H,24,25)/b18-15+/t16-/m0/s1. The van der Waals surface area contributed by atoms with Gasteiger partial charge in [0, 0.05) is 23.6 Å². The van der Waals surface area contributed by atoms with E-state index in [1.54, 1.807) is 55.7 Å². The zero-order valence-corrected chi connectivity index (χ0v) is 15.2. The average Bonchev–Trinajstić information content (AvgIpc) is 2.81. The lowest BCUT2D eigenvalue weighted by Crippen LogP contribution is -2.30. The number of carbonyl (C=O) groups is 1. The summed E-state index contributed by atoms with van der Waals surface area (Å²) in [6, 6.07) is 8.91. The van der Waals surface area contributed by atoms with Crippen LogP contribution in [0.4, 0.5) is 5.69 Å². The molecule has 0 aliphatic carbocycles. The number of methoxy groups -OCH3 is 1. The first-order chi connectivity index (χ1) is 13.4. The van der Waals surface area contributed by atoms with Crippen LogP contribution in [-0.4, -0.2) is 28.1 Å². The zero-order valence-electron chi connectivity index (χ0n) is 15.2. The number of aliphatic carboxylic acids is 1. The van der Waals surface area contributed by atoms with Crippen molar-refractivity contribution in [3.8, 4) is 0 Å². The van der Waals surface area contributed by atoms with Gasteiger partial charge in [-0.25, -0.2) is 4.79 Å². The molecule has 3 N–H and O–H groups in total. The highest BCUT2D eigenvalue weighted by Crippen LogP contribution is 2.37. The van der Waals surface area contributed by atoms with Gasteiger partial charge >= 0.3 is 11.8 Å². The maximum Gasteiger partial charge on any atom is 0.353 e. The van der Waals surface area contributed by atoms with Crippen LogP contribution in [0, 0.1) is 10.1 Å². The summed E-state index contributed by atoms with van der Waals surface area (Å²) in [5, 5.41) is 26.9. The molecule has 0 amide bonds. The third-order valence-electron chi connectivity index (χ3n) is 4.35. The zero-order chi connectivity index (χ0) is 20.3. The monoisotopic (exact) mass is 382 g/mol. The predicted octanol–water partition coefficient (Wildman–Crippen LogP) is 2.75. The number of benzene rings is 1. The van der Waals surface area contributed by atoms with Crippen molar-refractivity contribution in [3.63, 3.8) is 0 Å². The van der Waals surface area contributed by atoms with Gasteiger partial charge in [-0.2, -0.15) is 0 Å². The molecule has 1 atom stereocenters. The Morgan fingerprint density at radius 1 is 1.29 bits per heavy atom. The number of rotatable bonds is 5. The van der Waals surface area contributed by atoms with E-state index < -0.39 is 22.8 Å². The topological polar surface area (TPSA) is 127 Å². The second-order valence-corrected chi connectivity index (χ2v) is 6.00. The number of fused-ring (bicyclic) bond motifs is 1. The van der Waals surface area contributed by atoms with Crippen molar-refractivity contribution < 1.29 is 19.6 Å². The highest BCUT2D eigenvalue weighted by Gasteiger charge is 2.36. The van der Waals surface area contributed by atoms with Gasteiger partial charge < -0.3 is 25.3 Å². The van der Waals surface area contributed by atoms with Gasteiger partial charge in [0.1, 0.15) is 0 Å². The van der Waals surface area contributed by atoms with Crippen LogP contribution in [-0.2, 0) is 9.53 Å². The number of carboxylic acids is 1. The Labute approximate surface area is 160 Å². The number of carboxylic acid groups (broad SMARTS) is 1. The fraction of sp³-hybridized carbons (Fsp3) is 0.158.